The quantitative estimate of drug-likeness (QED) is 0.740. The average Bonchev–Trinajstić information content (AvgIpc) is 2.91. The highest BCUT2D eigenvalue weighted by Crippen LogP contribution is 2.67. The van der Waals surface area contributed by atoms with Crippen molar-refractivity contribution < 1.29 is 9.90 Å². The Hall–Kier alpha value is -1.14. The van der Waals surface area contributed by atoms with Gasteiger partial charge < -0.3 is 5.11 Å². The molecule has 0 aromatic rings. The molecule has 130 valence electrons. The second kappa shape index (κ2) is 5.70. The lowest BCUT2D eigenvalue weighted by Gasteiger charge is -2.60. The topological polar surface area (TPSA) is 61.1 Å². The number of fused-ring (bicyclic) bond motifs is 5. The van der Waals surface area contributed by atoms with Gasteiger partial charge in [0, 0.05) is 30.9 Å². The number of hydrogen-bond acceptors (Lipinski definition) is 3. The molecule has 6 atom stereocenters. The first-order chi connectivity index (χ1) is 11.5. The minimum atomic E-state index is -0.000146. The van der Waals surface area contributed by atoms with Crippen molar-refractivity contribution in [1.82, 2.24) is 0 Å². The van der Waals surface area contributed by atoms with E-state index in [9.17, 15) is 9.90 Å². The van der Waals surface area contributed by atoms with Crippen LogP contribution in [0.2, 0.25) is 0 Å². The number of carbonyl (C=O) groups excluding carboxylic acids is 1. The molecule has 4 aliphatic carbocycles. The molecule has 0 bridgehead atoms. The molecule has 4 aliphatic rings. The van der Waals surface area contributed by atoms with Gasteiger partial charge in [0.1, 0.15) is 5.78 Å². The molecule has 4 fully saturated rings. The van der Waals surface area contributed by atoms with E-state index >= 15 is 0 Å². The number of Topliss-reactive ketones (excluding diaryl/α,β-unsaturated/α-hetero) is 1. The lowest BCUT2D eigenvalue weighted by atomic mass is 9.44. The first-order valence-corrected chi connectivity index (χ1v) is 9.77. The molecule has 0 amide bonds. The van der Waals surface area contributed by atoms with Crippen LogP contribution in [0.15, 0.2) is 11.6 Å². The third kappa shape index (κ3) is 2.08. The number of aliphatic hydroxyl groups excluding tert-OH is 1. The lowest BCUT2D eigenvalue weighted by Crippen LogP contribution is -2.55. The molecule has 0 aliphatic heterocycles. The molecule has 0 saturated heterocycles. The number of carbonyl (C=O) groups is 1. The Bertz CT molecular complexity index is 618. The van der Waals surface area contributed by atoms with Crippen molar-refractivity contribution in [1.29, 1.82) is 5.26 Å². The molecule has 24 heavy (non-hydrogen) atoms. The zero-order valence-electron chi connectivity index (χ0n) is 14.8. The van der Waals surface area contributed by atoms with Gasteiger partial charge in [-0.25, -0.2) is 0 Å². The van der Waals surface area contributed by atoms with Crippen LogP contribution in [0.1, 0.15) is 64.7 Å². The van der Waals surface area contributed by atoms with Gasteiger partial charge in [-0.3, -0.25) is 4.79 Å². The summed E-state index contributed by atoms with van der Waals surface area (Å²) in [5.41, 5.74) is 1.57. The van der Waals surface area contributed by atoms with Crippen molar-refractivity contribution in [2.24, 2.45) is 34.5 Å². The van der Waals surface area contributed by atoms with Crippen LogP contribution in [0, 0.1) is 45.8 Å². The Morgan fingerprint density at radius 2 is 2.04 bits per heavy atom. The van der Waals surface area contributed by atoms with Gasteiger partial charge in [-0.05, 0) is 74.0 Å². The van der Waals surface area contributed by atoms with Crippen LogP contribution in [0.25, 0.3) is 0 Å². The van der Waals surface area contributed by atoms with Gasteiger partial charge in [0.05, 0.1) is 6.07 Å². The Morgan fingerprint density at radius 1 is 1.21 bits per heavy atom. The molecule has 0 aromatic carbocycles. The SMILES string of the molecule is C[C@]12CCC3[C@@H](CCC4CC(=O)CC[C@@]43CO)C1CC/C2=C/C#N. The normalized spacial score (nSPS) is 49.2. The van der Waals surface area contributed by atoms with Gasteiger partial charge in [0.2, 0.25) is 0 Å². The fraction of sp³-hybridized carbons (Fsp3) is 0.810. The molecule has 3 unspecified atom stereocenters. The van der Waals surface area contributed by atoms with Crippen LogP contribution in [0.5, 0.6) is 0 Å². The minimum Gasteiger partial charge on any atom is -0.396 e. The van der Waals surface area contributed by atoms with Crippen molar-refractivity contribution in [2.45, 2.75) is 64.7 Å². The number of nitriles is 1. The van der Waals surface area contributed by atoms with Crippen molar-refractivity contribution in [3.8, 4) is 6.07 Å². The van der Waals surface area contributed by atoms with Crippen LogP contribution in [-0.2, 0) is 4.79 Å². The zero-order chi connectivity index (χ0) is 16.9. The first kappa shape index (κ1) is 16.3. The monoisotopic (exact) mass is 327 g/mol. The summed E-state index contributed by atoms with van der Waals surface area (Å²) in [6, 6.07) is 2.27. The van der Waals surface area contributed by atoms with Crippen molar-refractivity contribution in [2.75, 3.05) is 6.61 Å². The van der Waals surface area contributed by atoms with Crippen LogP contribution >= 0.6 is 0 Å². The number of rotatable bonds is 1. The van der Waals surface area contributed by atoms with E-state index in [4.69, 9.17) is 5.26 Å². The Balaban J connectivity index is 1.67. The van der Waals surface area contributed by atoms with Gasteiger partial charge in [-0.1, -0.05) is 12.5 Å². The van der Waals surface area contributed by atoms with Crippen LogP contribution in [0.3, 0.4) is 0 Å². The van der Waals surface area contributed by atoms with E-state index < -0.39 is 0 Å². The lowest BCUT2D eigenvalue weighted by molar-refractivity contribution is -0.148. The molecule has 0 spiro atoms. The highest BCUT2D eigenvalue weighted by Gasteiger charge is 2.60. The molecule has 4 rings (SSSR count). The van der Waals surface area contributed by atoms with E-state index in [1.54, 1.807) is 0 Å². The van der Waals surface area contributed by atoms with E-state index in [2.05, 4.69) is 13.0 Å². The predicted octanol–water partition coefficient (Wildman–Crippen LogP) is 4.02. The Labute approximate surface area is 145 Å². The van der Waals surface area contributed by atoms with Crippen LogP contribution in [0.4, 0.5) is 0 Å². The summed E-state index contributed by atoms with van der Waals surface area (Å²) in [4.78, 5) is 12.0. The highest BCUT2D eigenvalue weighted by molar-refractivity contribution is 5.79. The van der Waals surface area contributed by atoms with Crippen LogP contribution < -0.4 is 0 Å². The first-order valence-electron chi connectivity index (χ1n) is 9.77. The van der Waals surface area contributed by atoms with E-state index in [0.29, 0.717) is 42.3 Å². The fourth-order valence-electron chi connectivity index (χ4n) is 7.32. The third-order valence-electron chi connectivity index (χ3n) is 8.56. The van der Waals surface area contributed by atoms with Crippen molar-refractivity contribution >= 4 is 5.78 Å². The maximum absolute atomic E-state index is 12.0. The molecule has 3 heteroatoms. The molecule has 0 aromatic heterocycles. The third-order valence-corrected chi connectivity index (χ3v) is 8.56. The Kier molecular flexibility index (Phi) is 3.88. The van der Waals surface area contributed by atoms with Crippen molar-refractivity contribution in [3.63, 3.8) is 0 Å². The number of allylic oxidation sites excluding steroid dienone is 2. The molecular weight excluding hydrogens is 298 g/mol. The predicted molar refractivity (Wildman–Crippen MR) is 91.8 cm³/mol. The maximum Gasteiger partial charge on any atom is 0.133 e. The molecule has 0 radical (unpaired) electrons. The van der Waals surface area contributed by atoms with Gasteiger partial charge in [-0.15, -0.1) is 0 Å². The average molecular weight is 327 g/mol. The summed E-state index contributed by atoms with van der Waals surface area (Å²) < 4.78 is 0. The maximum atomic E-state index is 12.0. The summed E-state index contributed by atoms with van der Waals surface area (Å²) in [5, 5.41) is 19.5. The standard InChI is InChI=1S/C21H29NO2/c1-20-9-7-19-17(18(20)5-3-14(20)8-11-22)4-2-15-12-16(24)6-10-21(15,19)13-23/h8,15,17-19,23H,2-7,9-10,12-13H2,1H3/b14-8-/t15?,17-,18?,19?,20+,21+/m0/s1. The summed E-state index contributed by atoms with van der Waals surface area (Å²) in [5.74, 6) is 2.73. The minimum absolute atomic E-state index is 0.000146. The second-order valence-electron chi connectivity index (χ2n) is 9.08. The van der Waals surface area contributed by atoms with Gasteiger partial charge in [-0.2, -0.15) is 5.26 Å². The number of hydrogen-bond donors (Lipinski definition) is 1. The van der Waals surface area contributed by atoms with Gasteiger partial charge in [0.15, 0.2) is 0 Å². The smallest absolute Gasteiger partial charge is 0.133 e. The molecule has 0 heterocycles. The van der Waals surface area contributed by atoms with E-state index in [1.165, 1.54) is 18.4 Å². The summed E-state index contributed by atoms with van der Waals surface area (Å²) >= 11 is 0. The largest absolute Gasteiger partial charge is 0.396 e. The number of nitrogens with zero attached hydrogens (tertiary/aromatic N) is 1. The van der Waals surface area contributed by atoms with E-state index in [1.807, 2.05) is 6.08 Å². The highest BCUT2D eigenvalue weighted by atomic mass is 16.3. The summed E-state index contributed by atoms with van der Waals surface area (Å²) in [6.07, 6.45) is 11.0. The van der Waals surface area contributed by atoms with E-state index in [0.717, 1.165) is 32.1 Å². The summed E-state index contributed by atoms with van der Waals surface area (Å²) in [7, 11) is 0. The van der Waals surface area contributed by atoms with E-state index in [-0.39, 0.29) is 17.4 Å². The van der Waals surface area contributed by atoms with Gasteiger partial charge >= 0.3 is 0 Å². The second-order valence-corrected chi connectivity index (χ2v) is 9.08. The molecule has 3 nitrogen and oxygen atoms in total. The van der Waals surface area contributed by atoms with Crippen LogP contribution in [-0.4, -0.2) is 17.5 Å². The van der Waals surface area contributed by atoms with Crippen molar-refractivity contribution in [3.05, 3.63) is 11.6 Å². The zero-order valence-corrected chi connectivity index (χ0v) is 14.8. The molecule has 1 N–H and O–H groups in total. The molecule has 4 saturated carbocycles. The number of ketones is 1. The summed E-state index contributed by atoms with van der Waals surface area (Å²) in [6.45, 7) is 2.64. The fourth-order valence-corrected chi connectivity index (χ4v) is 7.32. The van der Waals surface area contributed by atoms with Gasteiger partial charge in [0.25, 0.3) is 0 Å². The Morgan fingerprint density at radius 3 is 2.79 bits per heavy atom. The number of aliphatic hydroxyl groups is 1. The molecular formula is C21H29NO2.